The van der Waals surface area contributed by atoms with Gasteiger partial charge in [-0.05, 0) is 13.0 Å². The van der Waals surface area contributed by atoms with Crippen molar-refractivity contribution in [2.45, 2.75) is 19.1 Å². The molecule has 22 heavy (non-hydrogen) atoms. The maximum absolute atomic E-state index is 12.2. The lowest BCUT2D eigenvalue weighted by molar-refractivity contribution is -0.155. The van der Waals surface area contributed by atoms with E-state index in [0.29, 0.717) is 11.1 Å². The minimum absolute atomic E-state index is 0.0456. The smallest absolute Gasteiger partial charge is 0.337 e. The first-order valence-corrected chi connectivity index (χ1v) is 6.60. The molecular weight excluding hydrogens is 290 g/mol. The Balaban J connectivity index is 2.28. The van der Waals surface area contributed by atoms with Crippen LogP contribution >= 0.6 is 0 Å². The largest absolute Gasteiger partial charge is 0.479 e. The molecule has 0 saturated heterocycles. The highest BCUT2D eigenvalue weighted by Gasteiger charge is 2.31. The second-order valence-electron chi connectivity index (χ2n) is 5.10. The zero-order valence-corrected chi connectivity index (χ0v) is 12.3. The number of nitrogens with one attached hydrogen (secondary N) is 1. The zero-order chi connectivity index (χ0) is 16.3. The lowest BCUT2D eigenvalue weighted by Crippen LogP contribution is -2.46. The van der Waals surface area contributed by atoms with Gasteiger partial charge in [-0.2, -0.15) is 0 Å². The Bertz CT molecular complexity index is 703. The molecule has 7 heteroatoms. The lowest BCUT2D eigenvalue weighted by Gasteiger charge is -2.17. The Morgan fingerprint density at radius 2 is 2.05 bits per heavy atom. The summed E-state index contributed by atoms with van der Waals surface area (Å²) in [5.74, 6) is -1.98. The highest BCUT2D eigenvalue weighted by molar-refractivity contribution is 5.99. The van der Waals surface area contributed by atoms with Crippen molar-refractivity contribution in [3.05, 3.63) is 35.6 Å². The highest BCUT2D eigenvalue weighted by atomic mass is 16.5. The second-order valence-corrected chi connectivity index (χ2v) is 5.10. The van der Waals surface area contributed by atoms with Gasteiger partial charge in [0.15, 0.2) is 11.4 Å². The number of carboxylic acid groups (broad SMARTS) is 1. The number of para-hydroxylation sites is 1. The number of amides is 1. The number of aliphatic hydroxyl groups is 1. The van der Waals surface area contributed by atoms with Crippen LogP contribution in [0.4, 0.5) is 0 Å². The first kappa shape index (κ1) is 16.0. The summed E-state index contributed by atoms with van der Waals surface area (Å²) in [6.45, 7) is 0.837. The van der Waals surface area contributed by atoms with Crippen LogP contribution in [0.2, 0.25) is 0 Å². The lowest BCUT2D eigenvalue weighted by atomic mass is 10.1. The standard InChI is InChI=1S/C15H17NO6/c1-15(20,14(18)19)8-16-13(17)12-10(7-21-2)9-5-3-4-6-11(9)22-12/h3-6,20H,7-8H2,1-2H3,(H,16,17)(H,18,19). The maximum atomic E-state index is 12.2. The second kappa shape index (κ2) is 6.17. The van der Waals surface area contributed by atoms with Gasteiger partial charge in [0.1, 0.15) is 5.58 Å². The maximum Gasteiger partial charge on any atom is 0.337 e. The molecule has 1 aromatic heterocycles. The molecule has 1 aromatic carbocycles. The van der Waals surface area contributed by atoms with E-state index in [1.807, 2.05) is 6.07 Å². The highest BCUT2D eigenvalue weighted by Crippen LogP contribution is 2.26. The molecule has 118 valence electrons. The topological polar surface area (TPSA) is 109 Å². The minimum atomic E-state index is -2.05. The molecule has 7 nitrogen and oxygen atoms in total. The van der Waals surface area contributed by atoms with Crippen LogP contribution in [0.5, 0.6) is 0 Å². The Morgan fingerprint density at radius 1 is 1.36 bits per heavy atom. The van der Waals surface area contributed by atoms with Crippen molar-refractivity contribution in [2.75, 3.05) is 13.7 Å². The average molecular weight is 307 g/mol. The molecule has 1 amide bonds. The molecule has 0 aliphatic heterocycles. The Hall–Kier alpha value is -2.38. The molecule has 1 heterocycles. The molecule has 2 rings (SSSR count). The molecule has 2 aromatic rings. The van der Waals surface area contributed by atoms with Crippen molar-refractivity contribution in [3.8, 4) is 0 Å². The van der Waals surface area contributed by atoms with Crippen LogP contribution in [0.25, 0.3) is 11.0 Å². The molecule has 1 atom stereocenters. The number of methoxy groups -OCH3 is 1. The van der Waals surface area contributed by atoms with Gasteiger partial charge in [-0.25, -0.2) is 4.79 Å². The molecule has 0 aliphatic rings. The predicted molar refractivity (Wildman–Crippen MR) is 77.5 cm³/mol. The van der Waals surface area contributed by atoms with Crippen LogP contribution in [0, 0.1) is 0 Å². The Kier molecular flexibility index (Phi) is 4.48. The van der Waals surface area contributed by atoms with Gasteiger partial charge in [0.05, 0.1) is 13.2 Å². The number of rotatable bonds is 6. The van der Waals surface area contributed by atoms with Gasteiger partial charge in [0.25, 0.3) is 5.91 Å². The van der Waals surface area contributed by atoms with Crippen molar-refractivity contribution in [3.63, 3.8) is 0 Å². The minimum Gasteiger partial charge on any atom is -0.479 e. The van der Waals surface area contributed by atoms with Crippen LogP contribution in [0.3, 0.4) is 0 Å². The van der Waals surface area contributed by atoms with Crippen LogP contribution in [0.1, 0.15) is 23.0 Å². The molecule has 0 saturated carbocycles. The van der Waals surface area contributed by atoms with Crippen LogP contribution in [0.15, 0.2) is 28.7 Å². The van der Waals surface area contributed by atoms with Crippen molar-refractivity contribution in [1.29, 1.82) is 0 Å². The third-order valence-electron chi connectivity index (χ3n) is 3.25. The molecule has 0 fully saturated rings. The number of benzene rings is 1. The molecule has 0 aliphatic carbocycles. The third-order valence-corrected chi connectivity index (χ3v) is 3.25. The number of furan rings is 1. The number of aliphatic carboxylic acids is 1. The van der Waals surface area contributed by atoms with E-state index in [9.17, 15) is 14.7 Å². The molecule has 0 bridgehead atoms. The van der Waals surface area contributed by atoms with E-state index in [-0.39, 0.29) is 12.4 Å². The molecule has 0 radical (unpaired) electrons. The molecular formula is C15H17NO6. The average Bonchev–Trinajstić information content (AvgIpc) is 2.84. The summed E-state index contributed by atoms with van der Waals surface area (Å²) < 4.78 is 10.6. The van der Waals surface area contributed by atoms with E-state index in [2.05, 4.69) is 5.32 Å². The van der Waals surface area contributed by atoms with Crippen LogP contribution < -0.4 is 5.32 Å². The number of ether oxygens (including phenoxy) is 1. The first-order valence-electron chi connectivity index (χ1n) is 6.60. The van der Waals surface area contributed by atoms with Gasteiger partial charge < -0.3 is 24.7 Å². The van der Waals surface area contributed by atoms with Gasteiger partial charge in [0.2, 0.25) is 0 Å². The van der Waals surface area contributed by atoms with Crippen molar-refractivity contribution in [1.82, 2.24) is 5.32 Å². The quantitative estimate of drug-likeness (QED) is 0.738. The summed E-state index contributed by atoms with van der Waals surface area (Å²) in [5, 5.41) is 21.6. The fourth-order valence-electron chi connectivity index (χ4n) is 1.98. The Labute approximate surface area is 126 Å². The summed E-state index contributed by atoms with van der Waals surface area (Å²) in [4.78, 5) is 23.1. The van der Waals surface area contributed by atoms with Gasteiger partial charge in [-0.1, -0.05) is 18.2 Å². The van der Waals surface area contributed by atoms with Gasteiger partial charge >= 0.3 is 5.97 Å². The van der Waals surface area contributed by atoms with Crippen LogP contribution in [-0.2, 0) is 16.1 Å². The molecule has 1 unspecified atom stereocenters. The number of carboxylic acids is 1. The molecule has 3 N–H and O–H groups in total. The number of hydrogen-bond donors (Lipinski definition) is 3. The summed E-state index contributed by atoms with van der Waals surface area (Å²) in [5.41, 5.74) is -0.946. The van der Waals surface area contributed by atoms with Crippen molar-refractivity contribution in [2.24, 2.45) is 0 Å². The Morgan fingerprint density at radius 3 is 2.68 bits per heavy atom. The van der Waals surface area contributed by atoms with Gasteiger partial charge in [0, 0.05) is 18.1 Å². The number of carbonyl (C=O) groups is 2. The first-order chi connectivity index (χ1) is 10.4. The van der Waals surface area contributed by atoms with Gasteiger partial charge in [-0.15, -0.1) is 0 Å². The van der Waals surface area contributed by atoms with Crippen LogP contribution in [-0.4, -0.2) is 41.3 Å². The summed E-state index contributed by atoms with van der Waals surface area (Å²) in [6.07, 6.45) is 0. The van der Waals surface area contributed by atoms with E-state index in [1.165, 1.54) is 7.11 Å². The molecule has 0 spiro atoms. The third kappa shape index (κ3) is 3.10. The monoisotopic (exact) mass is 307 g/mol. The van der Waals surface area contributed by atoms with E-state index in [0.717, 1.165) is 12.3 Å². The van der Waals surface area contributed by atoms with E-state index >= 15 is 0 Å². The van der Waals surface area contributed by atoms with Gasteiger partial charge in [-0.3, -0.25) is 4.79 Å². The summed E-state index contributed by atoms with van der Waals surface area (Å²) in [6, 6.07) is 7.11. The predicted octanol–water partition coefficient (Wildman–Crippen LogP) is 1.14. The fourth-order valence-corrected chi connectivity index (χ4v) is 1.98. The summed E-state index contributed by atoms with van der Waals surface area (Å²) in [7, 11) is 1.50. The number of hydrogen-bond acceptors (Lipinski definition) is 5. The number of fused-ring (bicyclic) bond motifs is 1. The SMILES string of the molecule is COCc1c(C(=O)NCC(C)(O)C(=O)O)oc2ccccc12. The van der Waals surface area contributed by atoms with E-state index < -0.39 is 24.0 Å². The number of carbonyl (C=O) groups excluding carboxylic acids is 1. The zero-order valence-electron chi connectivity index (χ0n) is 12.3. The normalized spacial score (nSPS) is 13.8. The fraction of sp³-hybridized carbons (Fsp3) is 0.333. The van der Waals surface area contributed by atoms with Crippen molar-refractivity contribution >= 4 is 22.8 Å². The van der Waals surface area contributed by atoms with Crippen molar-refractivity contribution < 1.29 is 29.0 Å². The van der Waals surface area contributed by atoms with E-state index in [1.54, 1.807) is 18.2 Å². The summed E-state index contributed by atoms with van der Waals surface area (Å²) >= 11 is 0. The van der Waals surface area contributed by atoms with E-state index in [4.69, 9.17) is 14.3 Å².